The van der Waals surface area contributed by atoms with Gasteiger partial charge in [0.15, 0.2) is 0 Å². The van der Waals surface area contributed by atoms with Gasteiger partial charge in [-0.1, -0.05) is 40.7 Å². The Labute approximate surface area is 106 Å². The van der Waals surface area contributed by atoms with Crippen molar-refractivity contribution in [2.45, 2.75) is 65.2 Å². The molecule has 1 aliphatic carbocycles. The van der Waals surface area contributed by atoms with Crippen molar-refractivity contribution < 1.29 is 0 Å². The van der Waals surface area contributed by atoms with E-state index in [1.807, 2.05) is 0 Å². The number of pyridine rings is 1. The summed E-state index contributed by atoms with van der Waals surface area (Å²) in [6.45, 7) is 11.4. The Morgan fingerprint density at radius 2 is 1.94 bits per heavy atom. The summed E-state index contributed by atoms with van der Waals surface area (Å²) in [7, 11) is 0. The van der Waals surface area contributed by atoms with Crippen molar-refractivity contribution in [2.75, 3.05) is 0 Å². The average molecular weight is 231 g/mol. The predicted molar refractivity (Wildman–Crippen MR) is 73.5 cm³/mol. The highest BCUT2D eigenvalue weighted by Gasteiger charge is 2.26. The van der Waals surface area contributed by atoms with Crippen molar-refractivity contribution >= 4 is 0 Å². The van der Waals surface area contributed by atoms with Gasteiger partial charge in [0.2, 0.25) is 0 Å². The van der Waals surface area contributed by atoms with Crippen molar-refractivity contribution in [2.24, 2.45) is 5.92 Å². The molecule has 1 aromatic rings. The Hall–Kier alpha value is -0.850. The molecule has 1 heterocycles. The van der Waals surface area contributed by atoms with Crippen LogP contribution in [0.2, 0.25) is 0 Å². The molecule has 0 amide bonds. The molecule has 0 radical (unpaired) electrons. The molecule has 0 fully saturated rings. The highest BCUT2D eigenvalue weighted by atomic mass is 14.8. The maximum Gasteiger partial charge on any atom is 0.0472 e. The van der Waals surface area contributed by atoms with Crippen LogP contribution in [0.3, 0.4) is 0 Å². The average Bonchev–Trinajstić information content (AvgIpc) is 2.26. The Morgan fingerprint density at radius 1 is 1.24 bits per heavy atom. The van der Waals surface area contributed by atoms with Crippen LogP contribution in [0.25, 0.3) is 0 Å². The van der Waals surface area contributed by atoms with Crippen LogP contribution >= 0.6 is 0 Å². The standard InChI is InChI=1S/C16H25N/c1-11(2)13-8-6-7-12-9-10-14(16(3,4)5)17-15(12)13/h9-11,13H,6-8H2,1-5H3. The lowest BCUT2D eigenvalue weighted by atomic mass is 9.79. The van der Waals surface area contributed by atoms with Gasteiger partial charge in [-0.25, -0.2) is 0 Å². The van der Waals surface area contributed by atoms with Crippen molar-refractivity contribution in [1.82, 2.24) is 4.98 Å². The maximum absolute atomic E-state index is 4.99. The van der Waals surface area contributed by atoms with Crippen molar-refractivity contribution in [3.8, 4) is 0 Å². The number of fused-ring (bicyclic) bond motifs is 1. The third-order valence-electron chi connectivity index (χ3n) is 3.90. The van der Waals surface area contributed by atoms with E-state index in [1.54, 1.807) is 0 Å². The molecule has 1 aromatic heterocycles. The first-order chi connectivity index (χ1) is 7.89. The minimum atomic E-state index is 0.161. The summed E-state index contributed by atoms with van der Waals surface area (Å²) in [5.41, 5.74) is 4.28. The fourth-order valence-corrected chi connectivity index (χ4v) is 2.75. The summed E-state index contributed by atoms with van der Waals surface area (Å²) < 4.78 is 0. The second-order valence-electron chi connectivity index (χ2n) is 6.73. The Balaban J connectivity index is 2.44. The van der Waals surface area contributed by atoms with E-state index in [1.165, 1.54) is 36.2 Å². The van der Waals surface area contributed by atoms with E-state index in [0.717, 1.165) is 0 Å². The van der Waals surface area contributed by atoms with Gasteiger partial charge in [0.25, 0.3) is 0 Å². The molecule has 1 atom stereocenters. The molecule has 1 nitrogen and oxygen atoms in total. The minimum Gasteiger partial charge on any atom is -0.257 e. The zero-order chi connectivity index (χ0) is 12.6. The van der Waals surface area contributed by atoms with E-state index in [-0.39, 0.29) is 5.41 Å². The largest absolute Gasteiger partial charge is 0.257 e. The lowest BCUT2D eigenvalue weighted by Gasteiger charge is -2.29. The summed E-state index contributed by atoms with van der Waals surface area (Å²) in [6.07, 6.45) is 3.85. The monoisotopic (exact) mass is 231 g/mol. The van der Waals surface area contributed by atoms with Gasteiger partial charge in [-0.2, -0.15) is 0 Å². The summed E-state index contributed by atoms with van der Waals surface area (Å²) in [4.78, 5) is 4.99. The number of rotatable bonds is 1. The minimum absolute atomic E-state index is 0.161. The molecule has 0 saturated carbocycles. The van der Waals surface area contributed by atoms with Crippen molar-refractivity contribution in [3.63, 3.8) is 0 Å². The molecule has 1 aliphatic rings. The first-order valence-corrected chi connectivity index (χ1v) is 6.90. The smallest absolute Gasteiger partial charge is 0.0472 e. The maximum atomic E-state index is 4.99. The number of aromatic nitrogens is 1. The van der Waals surface area contributed by atoms with Crippen LogP contribution in [-0.2, 0) is 11.8 Å². The topological polar surface area (TPSA) is 12.9 Å². The summed E-state index contributed by atoms with van der Waals surface area (Å²) >= 11 is 0. The molecule has 0 saturated heterocycles. The van der Waals surface area contributed by atoms with E-state index >= 15 is 0 Å². The molecule has 0 aromatic carbocycles. The first-order valence-electron chi connectivity index (χ1n) is 6.90. The van der Waals surface area contributed by atoms with Crippen LogP contribution in [-0.4, -0.2) is 4.98 Å². The normalized spacial score (nSPS) is 20.5. The molecule has 0 aliphatic heterocycles. The molecule has 1 heteroatoms. The molecule has 0 spiro atoms. The second kappa shape index (κ2) is 4.44. The lowest BCUT2D eigenvalue weighted by Crippen LogP contribution is -2.21. The van der Waals surface area contributed by atoms with Crippen LogP contribution in [0.1, 0.15) is 70.3 Å². The number of nitrogens with zero attached hydrogens (tertiary/aromatic N) is 1. The molecule has 0 bridgehead atoms. The zero-order valence-electron chi connectivity index (χ0n) is 11.9. The fourth-order valence-electron chi connectivity index (χ4n) is 2.75. The predicted octanol–water partition coefficient (Wildman–Crippen LogP) is 4.46. The number of aryl methyl sites for hydroxylation is 1. The zero-order valence-corrected chi connectivity index (χ0v) is 11.9. The van der Waals surface area contributed by atoms with Crippen molar-refractivity contribution in [1.29, 1.82) is 0 Å². The highest BCUT2D eigenvalue weighted by molar-refractivity contribution is 5.30. The quantitative estimate of drug-likeness (QED) is 0.695. The summed E-state index contributed by atoms with van der Waals surface area (Å²) in [5.74, 6) is 1.37. The van der Waals surface area contributed by atoms with Crippen LogP contribution in [0.15, 0.2) is 12.1 Å². The molecule has 0 N–H and O–H groups in total. The van der Waals surface area contributed by atoms with Crippen LogP contribution in [0, 0.1) is 5.92 Å². The Morgan fingerprint density at radius 3 is 2.53 bits per heavy atom. The molecule has 1 unspecified atom stereocenters. The lowest BCUT2D eigenvalue weighted by molar-refractivity contribution is 0.418. The summed E-state index contributed by atoms with van der Waals surface area (Å²) in [5, 5.41) is 0. The third kappa shape index (κ3) is 2.53. The van der Waals surface area contributed by atoms with Gasteiger partial charge in [-0.05, 0) is 36.8 Å². The van der Waals surface area contributed by atoms with E-state index in [4.69, 9.17) is 4.98 Å². The molecule has 17 heavy (non-hydrogen) atoms. The number of hydrogen-bond acceptors (Lipinski definition) is 1. The van der Waals surface area contributed by atoms with Gasteiger partial charge < -0.3 is 0 Å². The van der Waals surface area contributed by atoms with Gasteiger partial charge in [-0.3, -0.25) is 4.98 Å². The fraction of sp³-hybridized carbons (Fsp3) is 0.688. The van der Waals surface area contributed by atoms with Crippen LogP contribution in [0.5, 0.6) is 0 Å². The van der Waals surface area contributed by atoms with Gasteiger partial charge in [0.1, 0.15) is 0 Å². The van der Waals surface area contributed by atoms with Crippen molar-refractivity contribution in [3.05, 3.63) is 29.1 Å². The highest BCUT2D eigenvalue weighted by Crippen LogP contribution is 2.36. The molecular weight excluding hydrogens is 206 g/mol. The molecule has 94 valence electrons. The third-order valence-corrected chi connectivity index (χ3v) is 3.90. The first kappa shape index (κ1) is 12.6. The van der Waals surface area contributed by atoms with Gasteiger partial charge in [-0.15, -0.1) is 0 Å². The van der Waals surface area contributed by atoms with E-state index < -0.39 is 0 Å². The van der Waals surface area contributed by atoms with Gasteiger partial charge in [0, 0.05) is 22.7 Å². The Kier molecular flexibility index (Phi) is 3.29. The molecule has 2 rings (SSSR count). The van der Waals surface area contributed by atoms with E-state index in [2.05, 4.69) is 46.8 Å². The summed E-state index contributed by atoms with van der Waals surface area (Å²) in [6, 6.07) is 4.54. The van der Waals surface area contributed by atoms with Gasteiger partial charge in [0.05, 0.1) is 0 Å². The van der Waals surface area contributed by atoms with Gasteiger partial charge >= 0.3 is 0 Å². The van der Waals surface area contributed by atoms with Crippen LogP contribution < -0.4 is 0 Å². The SMILES string of the molecule is CC(C)C1CCCc2ccc(C(C)(C)C)nc21. The van der Waals surface area contributed by atoms with E-state index in [9.17, 15) is 0 Å². The second-order valence-corrected chi connectivity index (χ2v) is 6.73. The van der Waals surface area contributed by atoms with Crippen LogP contribution in [0.4, 0.5) is 0 Å². The Bertz CT molecular complexity index is 398. The number of hydrogen-bond donors (Lipinski definition) is 0. The van der Waals surface area contributed by atoms with E-state index in [0.29, 0.717) is 11.8 Å². The molecular formula is C16H25N.